The molecule has 0 aromatic carbocycles. The van der Waals surface area contributed by atoms with E-state index in [-0.39, 0.29) is 0 Å². The number of morpholine rings is 3. The molecule has 204 valence electrons. The van der Waals surface area contributed by atoms with E-state index in [2.05, 4.69) is 57.1 Å². The van der Waals surface area contributed by atoms with Crippen LogP contribution in [-0.2, 0) is 14.2 Å². The van der Waals surface area contributed by atoms with Gasteiger partial charge in [-0.2, -0.15) is 0 Å². The van der Waals surface area contributed by atoms with Crippen LogP contribution in [0.5, 0.6) is 0 Å². The van der Waals surface area contributed by atoms with Crippen LogP contribution in [0.15, 0.2) is 0 Å². The lowest BCUT2D eigenvalue weighted by atomic mass is 10.1. The largest absolute Gasteiger partial charge is 0.379 e. The van der Waals surface area contributed by atoms with Crippen molar-refractivity contribution in [3.63, 3.8) is 0 Å². The third kappa shape index (κ3) is 22.0. The molecule has 0 amide bonds. The van der Waals surface area contributed by atoms with Gasteiger partial charge in [0.1, 0.15) is 0 Å². The van der Waals surface area contributed by atoms with E-state index in [1.54, 1.807) is 0 Å². The normalized spacial score (nSPS) is 22.6. The summed E-state index contributed by atoms with van der Waals surface area (Å²) in [6.07, 6.45) is 0.443. The Morgan fingerprint density at radius 1 is 0.697 bits per heavy atom. The smallest absolute Gasteiger partial charge is 0.0722 e. The quantitative estimate of drug-likeness (QED) is 0.592. The average molecular weight is 478 g/mol. The highest BCUT2D eigenvalue weighted by molar-refractivity contribution is 4.72. The zero-order valence-corrected chi connectivity index (χ0v) is 24.6. The predicted molar refractivity (Wildman–Crippen MR) is 146 cm³/mol. The van der Waals surface area contributed by atoms with Crippen molar-refractivity contribution in [1.82, 2.24) is 15.5 Å². The minimum Gasteiger partial charge on any atom is -0.379 e. The molecule has 0 aromatic rings. The standard InChI is InChI=1S/3C7H15NO.3C2H6/c1-7(2)8-3-5-9-6-4-8;1-6(2)7-5-9-4-3-8-7;1-6(2)7-5-8-3-4-9-7;3*1-2/h7H,3-6H2,1-2H3;2*6-8H,3-5H2,1-2H3;3*1-2H3. The van der Waals surface area contributed by atoms with Crippen LogP contribution < -0.4 is 10.6 Å². The second kappa shape index (κ2) is 28.0. The van der Waals surface area contributed by atoms with Crippen LogP contribution in [0.1, 0.15) is 83.1 Å². The van der Waals surface area contributed by atoms with Gasteiger partial charge in [0.25, 0.3) is 0 Å². The fourth-order valence-corrected chi connectivity index (χ4v) is 3.12. The lowest BCUT2D eigenvalue weighted by Gasteiger charge is -2.29. The van der Waals surface area contributed by atoms with Crippen LogP contribution in [0.25, 0.3) is 0 Å². The third-order valence-corrected chi connectivity index (χ3v) is 5.23. The fraction of sp³-hybridized carbons (Fsp3) is 1.00. The Labute approximate surface area is 208 Å². The first-order valence-electron chi connectivity index (χ1n) is 13.9. The second-order valence-electron chi connectivity index (χ2n) is 8.48. The highest BCUT2D eigenvalue weighted by Gasteiger charge is 2.16. The molecule has 33 heavy (non-hydrogen) atoms. The van der Waals surface area contributed by atoms with Gasteiger partial charge in [0.2, 0.25) is 0 Å². The molecule has 3 aliphatic rings. The number of rotatable bonds is 3. The van der Waals surface area contributed by atoms with E-state index in [0.717, 1.165) is 65.8 Å². The van der Waals surface area contributed by atoms with E-state index in [4.69, 9.17) is 14.2 Å². The monoisotopic (exact) mass is 477 g/mol. The van der Waals surface area contributed by atoms with Gasteiger partial charge in [0.05, 0.1) is 39.1 Å². The Morgan fingerprint density at radius 3 is 1.55 bits per heavy atom. The first-order chi connectivity index (χ1) is 15.9. The van der Waals surface area contributed by atoms with Crippen LogP contribution in [0.2, 0.25) is 0 Å². The Kier molecular flexibility index (Phi) is 31.7. The van der Waals surface area contributed by atoms with Crippen LogP contribution in [0.4, 0.5) is 0 Å². The summed E-state index contributed by atoms with van der Waals surface area (Å²) >= 11 is 0. The van der Waals surface area contributed by atoms with Crippen molar-refractivity contribution < 1.29 is 14.2 Å². The Hall–Kier alpha value is -0.240. The fourth-order valence-electron chi connectivity index (χ4n) is 3.12. The molecule has 2 N–H and O–H groups in total. The molecule has 6 heteroatoms. The summed E-state index contributed by atoms with van der Waals surface area (Å²) in [7, 11) is 0. The molecular weight excluding hydrogens is 414 g/mol. The summed E-state index contributed by atoms with van der Waals surface area (Å²) in [6, 6.07) is 1.27. The first-order valence-corrected chi connectivity index (χ1v) is 13.9. The molecule has 0 spiro atoms. The zero-order valence-electron chi connectivity index (χ0n) is 24.6. The van der Waals surface area contributed by atoms with Crippen LogP contribution in [0.3, 0.4) is 0 Å². The number of nitrogens with zero attached hydrogens (tertiary/aromatic N) is 1. The Balaban J connectivity index is -0.000000367. The van der Waals surface area contributed by atoms with Gasteiger partial charge in [0, 0.05) is 44.8 Å². The van der Waals surface area contributed by atoms with E-state index in [9.17, 15) is 0 Å². The van der Waals surface area contributed by atoms with E-state index in [0.29, 0.717) is 30.0 Å². The minimum atomic E-state index is 0.443. The van der Waals surface area contributed by atoms with Crippen molar-refractivity contribution in [2.75, 3.05) is 65.8 Å². The lowest BCUT2D eigenvalue weighted by Crippen LogP contribution is -2.44. The van der Waals surface area contributed by atoms with Crippen LogP contribution in [-0.4, -0.2) is 88.8 Å². The highest BCUT2D eigenvalue weighted by atomic mass is 16.5. The van der Waals surface area contributed by atoms with Crippen molar-refractivity contribution in [1.29, 1.82) is 0 Å². The summed E-state index contributed by atoms with van der Waals surface area (Å²) in [5.41, 5.74) is 0. The van der Waals surface area contributed by atoms with Crippen molar-refractivity contribution in [2.24, 2.45) is 11.8 Å². The molecule has 0 saturated carbocycles. The predicted octanol–water partition coefficient (Wildman–Crippen LogP) is 5.07. The van der Waals surface area contributed by atoms with Crippen molar-refractivity contribution >= 4 is 0 Å². The number of ether oxygens (including phenoxy) is 3. The number of hydrogen-bond donors (Lipinski definition) is 2. The Bertz CT molecular complexity index is 285. The molecule has 3 heterocycles. The summed E-state index contributed by atoms with van der Waals surface area (Å²) in [5.74, 6) is 1.35. The minimum absolute atomic E-state index is 0.443. The maximum absolute atomic E-state index is 5.48. The summed E-state index contributed by atoms with van der Waals surface area (Å²) in [6.45, 7) is 35.0. The zero-order chi connectivity index (χ0) is 26.1. The molecule has 3 aliphatic heterocycles. The van der Waals surface area contributed by atoms with Crippen LogP contribution in [0, 0.1) is 11.8 Å². The van der Waals surface area contributed by atoms with Gasteiger partial charge in [-0.1, -0.05) is 69.2 Å². The van der Waals surface area contributed by atoms with Crippen molar-refractivity contribution in [2.45, 2.75) is 101 Å². The molecule has 0 radical (unpaired) electrons. The molecule has 3 rings (SSSR count). The van der Waals surface area contributed by atoms with Gasteiger partial charge >= 0.3 is 0 Å². The SMILES string of the molecule is CC.CC.CC.CC(C)C1CNCCO1.CC(C)C1COCCN1.CC(C)N1CCOCC1. The molecule has 3 fully saturated rings. The molecule has 6 nitrogen and oxygen atoms in total. The molecule has 0 aromatic heterocycles. The van der Waals surface area contributed by atoms with Crippen molar-refractivity contribution in [3.05, 3.63) is 0 Å². The molecule has 0 aliphatic carbocycles. The number of nitrogens with one attached hydrogen (secondary N) is 2. The molecule has 0 bridgehead atoms. The Morgan fingerprint density at radius 2 is 1.27 bits per heavy atom. The van der Waals surface area contributed by atoms with Crippen LogP contribution >= 0.6 is 0 Å². The summed E-state index contributed by atoms with van der Waals surface area (Å²) < 4.78 is 16.0. The summed E-state index contributed by atoms with van der Waals surface area (Å²) in [5, 5.41) is 6.68. The van der Waals surface area contributed by atoms with E-state index < -0.39 is 0 Å². The average Bonchev–Trinajstić information content (AvgIpc) is 2.90. The molecule has 2 unspecified atom stereocenters. The van der Waals surface area contributed by atoms with Gasteiger partial charge < -0.3 is 24.8 Å². The van der Waals surface area contributed by atoms with Gasteiger partial charge in [-0.15, -0.1) is 0 Å². The third-order valence-electron chi connectivity index (χ3n) is 5.23. The topological polar surface area (TPSA) is 55.0 Å². The van der Waals surface area contributed by atoms with E-state index in [1.807, 2.05) is 41.5 Å². The number of hydrogen-bond acceptors (Lipinski definition) is 6. The molecular formula is C27H63N3O3. The van der Waals surface area contributed by atoms with E-state index >= 15 is 0 Å². The van der Waals surface area contributed by atoms with Gasteiger partial charge in [-0.25, -0.2) is 0 Å². The second-order valence-corrected chi connectivity index (χ2v) is 8.48. The van der Waals surface area contributed by atoms with E-state index in [1.165, 1.54) is 0 Å². The lowest BCUT2D eigenvalue weighted by molar-refractivity contribution is 0.000507. The van der Waals surface area contributed by atoms with Gasteiger partial charge in [-0.3, -0.25) is 4.90 Å². The van der Waals surface area contributed by atoms with Gasteiger partial charge in [0.15, 0.2) is 0 Å². The maximum Gasteiger partial charge on any atom is 0.0722 e. The molecule has 3 saturated heterocycles. The molecule has 2 atom stereocenters. The maximum atomic E-state index is 5.48. The summed E-state index contributed by atoms with van der Waals surface area (Å²) in [4.78, 5) is 2.43. The van der Waals surface area contributed by atoms with Gasteiger partial charge in [-0.05, 0) is 25.7 Å². The highest BCUT2D eigenvalue weighted by Crippen LogP contribution is 2.07. The van der Waals surface area contributed by atoms with Crippen molar-refractivity contribution in [3.8, 4) is 0 Å². The first kappa shape index (κ1) is 37.3.